The van der Waals surface area contributed by atoms with Crippen molar-refractivity contribution < 1.29 is 4.79 Å². The summed E-state index contributed by atoms with van der Waals surface area (Å²) in [6.45, 7) is 5.28. The number of nitrogens with zero attached hydrogens (tertiary/aromatic N) is 3. The number of carbonyl (C=O) groups is 1. The van der Waals surface area contributed by atoms with Gasteiger partial charge in [0.15, 0.2) is 0 Å². The number of carbonyl (C=O) groups excluding carboxylic acids is 1. The zero-order chi connectivity index (χ0) is 12.3. The van der Waals surface area contributed by atoms with Gasteiger partial charge in [-0.05, 0) is 22.0 Å². The Balaban J connectivity index is 1.97. The second kappa shape index (κ2) is 5.49. The molecule has 1 aromatic heterocycles. The number of halogens is 1. The summed E-state index contributed by atoms with van der Waals surface area (Å²) in [5.41, 5.74) is 1.11. The first-order valence-electron chi connectivity index (χ1n) is 5.84. The highest BCUT2D eigenvalue weighted by molar-refractivity contribution is 9.10. The molecule has 4 nitrogen and oxygen atoms in total. The first-order chi connectivity index (χ1) is 8.20. The van der Waals surface area contributed by atoms with E-state index in [0.29, 0.717) is 6.42 Å². The zero-order valence-electron chi connectivity index (χ0n) is 9.90. The number of piperazine rings is 1. The van der Waals surface area contributed by atoms with Crippen LogP contribution in [0.25, 0.3) is 0 Å². The van der Waals surface area contributed by atoms with Gasteiger partial charge >= 0.3 is 0 Å². The molecule has 0 unspecified atom stereocenters. The van der Waals surface area contributed by atoms with Crippen molar-refractivity contribution in [2.24, 2.45) is 0 Å². The van der Waals surface area contributed by atoms with Crippen LogP contribution in [0.15, 0.2) is 22.9 Å². The third-order valence-corrected chi connectivity index (χ3v) is 3.42. The van der Waals surface area contributed by atoms with Crippen LogP contribution < -0.4 is 4.90 Å². The van der Waals surface area contributed by atoms with E-state index in [9.17, 15) is 4.79 Å². The number of amides is 1. The van der Waals surface area contributed by atoms with Gasteiger partial charge in [0.2, 0.25) is 5.91 Å². The van der Waals surface area contributed by atoms with Gasteiger partial charge in [0.25, 0.3) is 0 Å². The van der Waals surface area contributed by atoms with Crippen molar-refractivity contribution in [1.29, 1.82) is 0 Å². The van der Waals surface area contributed by atoms with Crippen molar-refractivity contribution in [1.82, 2.24) is 9.88 Å². The predicted molar refractivity (Wildman–Crippen MR) is 71.0 cm³/mol. The highest BCUT2D eigenvalue weighted by Gasteiger charge is 2.20. The molecule has 17 heavy (non-hydrogen) atoms. The standard InChI is InChI=1S/C12H16BrN3O/c1-2-12(17)16-5-3-15(4-6-16)11-7-10(13)8-14-9-11/h7-9H,2-6H2,1H3. The molecule has 1 aliphatic rings. The molecule has 5 heteroatoms. The minimum Gasteiger partial charge on any atom is -0.367 e. The van der Waals surface area contributed by atoms with Crippen LogP contribution >= 0.6 is 15.9 Å². The molecule has 0 aromatic carbocycles. The molecule has 92 valence electrons. The molecule has 1 saturated heterocycles. The number of pyridine rings is 1. The fourth-order valence-electron chi connectivity index (χ4n) is 2.01. The minimum absolute atomic E-state index is 0.247. The first-order valence-corrected chi connectivity index (χ1v) is 6.63. The molecule has 1 fully saturated rings. The van der Waals surface area contributed by atoms with Crippen LogP contribution in [0.1, 0.15) is 13.3 Å². The fraction of sp³-hybridized carbons (Fsp3) is 0.500. The van der Waals surface area contributed by atoms with Gasteiger partial charge in [-0.25, -0.2) is 0 Å². The molecule has 0 saturated carbocycles. The maximum atomic E-state index is 11.6. The molecule has 1 aromatic rings. The van der Waals surface area contributed by atoms with E-state index in [-0.39, 0.29) is 5.91 Å². The molecule has 2 rings (SSSR count). The Morgan fingerprint density at radius 3 is 2.65 bits per heavy atom. The lowest BCUT2D eigenvalue weighted by atomic mass is 10.2. The third-order valence-electron chi connectivity index (χ3n) is 2.99. The zero-order valence-corrected chi connectivity index (χ0v) is 11.5. The van der Waals surface area contributed by atoms with E-state index in [2.05, 4.69) is 31.9 Å². The van der Waals surface area contributed by atoms with Crippen LogP contribution in [0, 0.1) is 0 Å². The molecule has 0 atom stereocenters. The topological polar surface area (TPSA) is 36.4 Å². The summed E-state index contributed by atoms with van der Waals surface area (Å²) >= 11 is 3.42. The van der Waals surface area contributed by atoms with Gasteiger partial charge in [0, 0.05) is 43.3 Å². The van der Waals surface area contributed by atoms with Crippen molar-refractivity contribution in [2.75, 3.05) is 31.1 Å². The molecular formula is C12H16BrN3O. The number of rotatable bonds is 2. The SMILES string of the molecule is CCC(=O)N1CCN(c2cncc(Br)c2)CC1. The quantitative estimate of drug-likeness (QED) is 0.837. The van der Waals surface area contributed by atoms with Gasteiger partial charge in [-0.15, -0.1) is 0 Å². The lowest BCUT2D eigenvalue weighted by Gasteiger charge is -2.35. The van der Waals surface area contributed by atoms with Crippen molar-refractivity contribution in [3.8, 4) is 0 Å². The second-order valence-electron chi connectivity index (χ2n) is 4.08. The largest absolute Gasteiger partial charge is 0.367 e. The van der Waals surface area contributed by atoms with Crippen LogP contribution in [0.5, 0.6) is 0 Å². The van der Waals surface area contributed by atoms with E-state index in [4.69, 9.17) is 0 Å². The lowest BCUT2D eigenvalue weighted by Crippen LogP contribution is -2.48. The molecule has 0 radical (unpaired) electrons. The lowest BCUT2D eigenvalue weighted by molar-refractivity contribution is -0.131. The summed E-state index contributed by atoms with van der Waals surface area (Å²) in [5, 5.41) is 0. The van der Waals surface area contributed by atoms with Gasteiger partial charge in [-0.3, -0.25) is 9.78 Å². The van der Waals surface area contributed by atoms with Gasteiger partial charge in [0.1, 0.15) is 0 Å². The molecule has 0 N–H and O–H groups in total. The van der Waals surface area contributed by atoms with Crippen molar-refractivity contribution >= 4 is 27.5 Å². The molecular weight excluding hydrogens is 282 g/mol. The maximum absolute atomic E-state index is 11.6. The summed E-state index contributed by atoms with van der Waals surface area (Å²) in [5.74, 6) is 0.247. The summed E-state index contributed by atoms with van der Waals surface area (Å²) in [6, 6.07) is 2.06. The number of aromatic nitrogens is 1. The van der Waals surface area contributed by atoms with Crippen molar-refractivity contribution in [3.63, 3.8) is 0 Å². The van der Waals surface area contributed by atoms with E-state index in [1.54, 1.807) is 6.20 Å². The Bertz CT molecular complexity index is 402. The van der Waals surface area contributed by atoms with Gasteiger partial charge in [-0.2, -0.15) is 0 Å². The highest BCUT2D eigenvalue weighted by atomic mass is 79.9. The Kier molecular flexibility index (Phi) is 3.99. The predicted octanol–water partition coefficient (Wildman–Crippen LogP) is 1.90. The average Bonchev–Trinajstić information content (AvgIpc) is 2.38. The summed E-state index contributed by atoms with van der Waals surface area (Å²) < 4.78 is 0.988. The van der Waals surface area contributed by atoms with E-state index >= 15 is 0 Å². The average molecular weight is 298 g/mol. The monoisotopic (exact) mass is 297 g/mol. The van der Waals surface area contributed by atoms with Gasteiger partial charge in [-0.1, -0.05) is 6.92 Å². The molecule has 0 spiro atoms. The first kappa shape index (κ1) is 12.4. The maximum Gasteiger partial charge on any atom is 0.222 e. The van der Waals surface area contributed by atoms with Crippen molar-refractivity contribution in [2.45, 2.75) is 13.3 Å². The second-order valence-corrected chi connectivity index (χ2v) is 5.00. The smallest absolute Gasteiger partial charge is 0.222 e. The van der Waals surface area contributed by atoms with Crippen LogP contribution in [-0.2, 0) is 4.79 Å². The van der Waals surface area contributed by atoms with Crippen LogP contribution in [0.3, 0.4) is 0 Å². The summed E-state index contributed by atoms with van der Waals surface area (Å²) in [7, 11) is 0. The van der Waals surface area contributed by atoms with Crippen molar-refractivity contribution in [3.05, 3.63) is 22.9 Å². The summed E-state index contributed by atoms with van der Waals surface area (Å²) in [6.07, 6.45) is 4.24. The molecule has 0 bridgehead atoms. The molecule has 1 aliphatic heterocycles. The number of hydrogen-bond donors (Lipinski definition) is 0. The van der Waals surface area contributed by atoms with E-state index in [1.807, 2.05) is 18.0 Å². The fourth-order valence-corrected chi connectivity index (χ4v) is 2.36. The van der Waals surface area contributed by atoms with E-state index in [1.165, 1.54) is 0 Å². The summed E-state index contributed by atoms with van der Waals surface area (Å²) in [4.78, 5) is 19.9. The van der Waals surface area contributed by atoms with Crippen LogP contribution in [-0.4, -0.2) is 42.0 Å². The van der Waals surface area contributed by atoms with Gasteiger partial charge in [0.05, 0.1) is 11.9 Å². The normalized spacial score (nSPS) is 16.1. The Labute approximate surface area is 110 Å². The Hall–Kier alpha value is -1.10. The van der Waals surface area contributed by atoms with E-state index < -0.39 is 0 Å². The third kappa shape index (κ3) is 2.97. The van der Waals surface area contributed by atoms with E-state index in [0.717, 1.165) is 36.3 Å². The Morgan fingerprint density at radius 1 is 1.35 bits per heavy atom. The Morgan fingerprint density at radius 2 is 2.06 bits per heavy atom. The van der Waals surface area contributed by atoms with Crippen LogP contribution in [0.2, 0.25) is 0 Å². The highest BCUT2D eigenvalue weighted by Crippen LogP contribution is 2.19. The minimum atomic E-state index is 0.247. The number of anilines is 1. The van der Waals surface area contributed by atoms with Gasteiger partial charge < -0.3 is 9.80 Å². The molecule has 0 aliphatic carbocycles. The molecule has 2 heterocycles. The number of hydrogen-bond acceptors (Lipinski definition) is 3. The van der Waals surface area contributed by atoms with Crippen LogP contribution in [0.4, 0.5) is 5.69 Å². The molecule has 1 amide bonds.